The number of nitrogens with zero attached hydrogens (tertiary/aromatic N) is 1. The molecule has 0 radical (unpaired) electrons. The summed E-state index contributed by atoms with van der Waals surface area (Å²) in [7, 11) is 0. The number of nitrogens with two attached hydrogens (primary N) is 1. The molecule has 5 N–H and O–H groups in total. The predicted octanol–water partition coefficient (Wildman–Crippen LogP) is 3.43. The average molecular weight is 511 g/mol. The van der Waals surface area contributed by atoms with E-state index < -0.39 is 28.5 Å². The first kappa shape index (κ1) is 23.8. The molecule has 1 aromatic carbocycles. The molecule has 5 aliphatic rings. The predicted molar refractivity (Wildman–Crippen MR) is 136 cm³/mol. The van der Waals surface area contributed by atoms with Crippen LogP contribution in [0.1, 0.15) is 61.8 Å². The maximum Gasteiger partial charge on any atom is 0.341 e. The summed E-state index contributed by atoms with van der Waals surface area (Å²) in [4.78, 5) is 37.6. The standard InChI is InChI=1S/C27H31FN4O5/c1-13-12-37-24-21(19(28)20(29)18-22(24)32(13)11-17(23(18)33)25(34)35)30-3-2-4-31-26(36)27-8-14-5-15(9-27)7-16(6-14)10-27/h5,11,13-14,16,30H,2-4,6-10,12,29H2,1H3,(H,31,36)(H,34,35)/t13-,14?,16?,27?/m0/s1. The number of hydrogen-bond donors (Lipinski definition) is 4. The van der Waals surface area contributed by atoms with Crippen LogP contribution in [0, 0.1) is 23.1 Å². The zero-order valence-electron chi connectivity index (χ0n) is 20.7. The molecule has 9 nitrogen and oxygen atoms in total. The van der Waals surface area contributed by atoms with Gasteiger partial charge in [-0.2, -0.15) is 0 Å². The number of anilines is 2. The molecule has 1 amide bonds. The van der Waals surface area contributed by atoms with E-state index in [9.17, 15) is 19.5 Å². The molecule has 3 unspecified atom stereocenters. The van der Waals surface area contributed by atoms with Gasteiger partial charge in [-0.1, -0.05) is 11.6 Å². The van der Waals surface area contributed by atoms with Crippen molar-refractivity contribution in [2.24, 2.45) is 17.3 Å². The van der Waals surface area contributed by atoms with Crippen molar-refractivity contribution in [3.63, 3.8) is 0 Å². The molecule has 7 rings (SSSR count). The van der Waals surface area contributed by atoms with Crippen LogP contribution in [0.15, 0.2) is 22.6 Å². The largest absolute Gasteiger partial charge is 0.487 e. The monoisotopic (exact) mass is 510 g/mol. The third kappa shape index (κ3) is 3.67. The van der Waals surface area contributed by atoms with Gasteiger partial charge in [0.15, 0.2) is 11.6 Å². The van der Waals surface area contributed by atoms with Gasteiger partial charge >= 0.3 is 5.97 Å². The van der Waals surface area contributed by atoms with Crippen molar-refractivity contribution in [1.82, 2.24) is 9.88 Å². The van der Waals surface area contributed by atoms with Crippen molar-refractivity contribution in [3.8, 4) is 5.75 Å². The third-order valence-corrected chi connectivity index (χ3v) is 8.56. The lowest BCUT2D eigenvalue weighted by Gasteiger charge is -2.51. The van der Waals surface area contributed by atoms with Crippen LogP contribution in [-0.4, -0.2) is 41.2 Å². The van der Waals surface area contributed by atoms with Crippen LogP contribution in [0.25, 0.3) is 10.9 Å². The van der Waals surface area contributed by atoms with E-state index >= 15 is 4.39 Å². The lowest BCUT2D eigenvalue weighted by Crippen LogP contribution is -2.50. The number of carboxylic acid groups (broad SMARTS) is 1. The van der Waals surface area contributed by atoms with Crippen molar-refractivity contribution in [2.75, 3.05) is 30.7 Å². The molecule has 10 heteroatoms. The van der Waals surface area contributed by atoms with E-state index in [2.05, 4.69) is 16.7 Å². The number of allylic oxidation sites excluding steroid dienone is 2. The number of aromatic carboxylic acids is 1. The minimum absolute atomic E-state index is 0.0347. The van der Waals surface area contributed by atoms with Crippen LogP contribution < -0.4 is 26.5 Å². The van der Waals surface area contributed by atoms with Crippen LogP contribution in [-0.2, 0) is 4.79 Å². The third-order valence-electron chi connectivity index (χ3n) is 8.56. The molecule has 4 atom stereocenters. The van der Waals surface area contributed by atoms with E-state index in [-0.39, 0.29) is 46.3 Å². The number of pyridine rings is 1. The zero-order valence-corrected chi connectivity index (χ0v) is 20.7. The van der Waals surface area contributed by atoms with Crippen molar-refractivity contribution >= 4 is 34.2 Å². The van der Waals surface area contributed by atoms with Gasteiger partial charge in [0.05, 0.1) is 28.0 Å². The molecule has 2 fully saturated rings. The average Bonchev–Trinajstić information content (AvgIpc) is 2.84. The first-order valence-electron chi connectivity index (χ1n) is 13.0. The number of carbonyl (C=O) groups excluding carboxylic acids is 1. The van der Waals surface area contributed by atoms with E-state index in [1.54, 1.807) is 4.57 Å². The Kier molecular flexibility index (Phi) is 5.47. The molecule has 4 aliphatic carbocycles. The number of aromatic nitrogens is 1. The number of halogens is 1. The second-order valence-corrected chi connectivity index (χ2v) is 11.2. The highest BCUT2D eigenvalue weighted by Gasteiger charge is 2.51. The first-order valence-corrected chi connectivity index (χ1v) is 13.0. The molecular weight excluding hydrogens is 479 g/mol. The number of ether oxygens (including phenoxy) is 1. The SMILES string of the molecule is C[C@H]1COc2c(NCCCNC(=O)C34CC5=CC(CC(C5)C3)C4)c(F)c(N)c3c(=O)c(C(=O)O)cn1c23. The molecular formula is C27H31FN4O5. The highest BCUT2D eigenvalue weighted by Crippen LogP contribution is 2.57. The summed E-state index contributed by atoms with van der Waals surface area (Å²) in [5.74, 6) is -0.822. The maximum absolute atomic E-state index is 15.4. The van der Waals surface area contributed by atoms with Crippen LogP contribution >= 0.6 is 0 Å². The lowest BCUT2D eigenvalue weighted by molar-refractivity contribution is -0.136. The normalized spacial score (nSPS) is 27.1. The summed E-state index contributed by atoms with van der Waals surface area (Å²) in [6.45, 7) is 2.79. The Bertz CT molecular complexity index is 1430. The van der Waals surface area contributed by atoms with Gasteiger partial charge in [0.25, 0.3) is 0 Å². The number of rotatable bonds is 7. The fraction of sp³-hybridized carbons (Fsp3) is 0.519. The van der Waals surface area contributed by atoms with E-state index in [1.807, 2.05) is 6.92 Å². The summed E-state index contributed by atoms with van der Waals surface area (Å²) >= 11 is 0. The fourth-order valence-electron chi connectivity index (χ4n) is 7.11. The number of nitrogens with one attached hydrogen (secondary N) is 2. The summed E-state index contributed by atoms with van der Waals surface area (Å²) in [6.07, 6.45) is 9.32. The molecule has 2 heterocycles. The molecule has 0 saturated heterocycles. The molecule has 1 aromatic heterocycles. The van der Waals surface area contributed by atoms with Crippen LogP contribution in [0.5, 0.6) is 5.75 Å². The smallest absolute Gasteiger partial charge is 0.341 e. The van der Waals surface area contributed by atoms with E-state index in [0.29, 0.717) is 31.3 Å². The molecule has 2 saturated carbocycles. The van der Waals surface area contributed by atoms with E-state index in [0.717, 1.165) is 25.7 Å². The van der Waals surface area contributed by atoms with E-state index in [1.165, 1.54) is 18.2 Å². The lowest BCUT2D eigenvalue weighted by atomic mass is 9.53. The number of amides is 1. The molecule has 2 aromatic rings. The van der Waals surface area contributed by atoms with Gasteiger partial charge in [0.2, 0.25) is 11.3 Å². The maximum atomic E-state index is 15.4. The van der Waals surface area contributed by atoms with Crippen molar-refractivity contribution in [2.45, 2.75) is 51.5 Å². The summed E-state index contributed by atoms with van der Waals surface area (Å²) in [5.41, 5.74) is 5.79. The Morgan fingerprint density at radius 2 is 2.14 bits per heavy atom. The second-order valence-electron chi connectivity index (χ2n) is 11.2. The minimum atomic E-state index is -1.40. The second kappa shape index (κ2) is 8.49. The number of nitrogen functional groups attached to an aromatic ring is 1. The Hall–Kier alpha value is -3.56. The molecule has 196 valence electrons. The van der Waals surface area contributed by atoms with Crippen LogP contribution in [0.2, 0.25) is 0 Å². The van der Waals surface area contributed by atoms with Crippen LogP contribution in [0.3, 0.4) is 0 Å². The number of carboxylic acids is 1. The molecule has 1 aliphatic heterocycles. The summed E-state index contributed by atoms with van der Waals surface area (Å²) in [5, 5.41) is 15.4. The van der Waals surface area contributed by atoms with Gasteiger partial charge in [0.1, 0.15) is 17.9 Å². The summed E-state index contributed by atoms with van der Waals surface area (Å²) in [6, 6.07) is -0.276. The minimum Gasteiger partial charge on any atom is -0.487 e. The molecule has 4 bridgehead atoms. The number of carbonyl (C=O) groups is 2. The Morgan fingerprint density at radius 3 is 2.86 bits per heavy atom. The Labute approximate surface area is 212 Å². The van der Waals surface area contributed by atoms with E-state index in [4.69, 9.17) is 10.5 Å². The van der Waals surface area contributed by atoms with Gasteiger partial charge < -0.3 is 30.8 Å². The highest BCUT2D eigenvalue weighted by atomic mass is 19.1. The fourth-order valence-corrected chi connectivity index (χ4v) is 7.11. The van der Waals surface area contributed by atoms with Gasteiger partial charge in [-0.05, 0) is 57.3 Å². The first-order chi connectivity index (χ1) is 17.7. The van der Waals surface area contributed by atoms with Gasteiger partial charge in [-0.15, -0.1) is 0 Å². The molecule has 37 heavy (non-hydrogen) atoms. The van der Waals surface area contributed by atoms with Crippen molar-refractivity contribution in [3.05, 3.63) is 39.4 Å². The van der Waals surface area contributed by atoms with Gasteiger partial charge in [-0.3, -0.25) is 9.59 Å². The molecule has 0 spiro atoms. The van der Waals surface area contributed by atoms with Crippen molar-refractivity contribution in [1.29, 1.82) is 0 Å². The van der Waals surface area contributed by atoms with Crippen molar-refractivity contribution < 1.29 is 23.8 Å². The summed E-state index contributed by atoms with van der Waals surface area (Å²) < 4.78 is 22.8. The number of benzene rings is 1. The quantitative estimate of drug-likeness (QED) is 0.255. The Balaban J connectivity index is 1.18. The zero-order chi connectivity index (χ0) is 26.1. The van der Waals surface area contributed by atoms with Gasteiger partial charge in [0, 0.05) is 19.3 Å². The van der Waals surface area contributed by atoms with Crippen LogP contribution in [0.4, 0.5) is 15.8 Å². The number of hydrogen-bond acceptors (Lipinski definition) is 6. The highest BCUT2D eigenvalue weighted by molar-refractivity contribution is 6.03. The van der Waals surface area contributed by atoms with Gasteiger partial charge in [-0.25, -0.2) is 9.18 Å². The topological polar surface area (TPSA) is 136 Å². The Morgan fingerprint density at radius 1 is 1.32 bits per heavy atom.